The van der Waals surface area contributed by atoms with Gasteiger partial charge >= 0.3 is 0 Å². The van der Waals surface area contributed by atoms with Gasteiger partial charge in [0.25, 0.3) is 0 Å². The summed E-state index contributed by atoms with van der Waals surface area (Å²) in [5, 5.41) is 12.0. The van der Waals surface area contributed by atoms with Crippen LogP contribution in [0, 0.1) is 12.3 Å². The maximum Gasteiger partial charge on any atom is 0.240 e. The number of carbonyl (C=O) groups is 2. The van der Waals surface area contributed by atoms with Gasteiger partial charge in [-0.1, -0.05) is 29.5 Å². The maximum absolute atomic E-state index is 11.9. The zero-order chi connectivity index (χ0) is 15.4. The van der Waals surface area contributed by atoms with Gasteiger partial charge in [0, 0.05) is 12.1 Å². The van der Waals surface area contributed by atoms with Crippen molar-refractivity contribution in [3.63, 3.8) is 0 Å². The summed E-state index contributed by atoms with van der Waals surface area (Å²) < 4.78 is 0. The van der Waals surface area contributed by atoms with E-state index in [1.54, 1.807) is 12.1 Å². The van der Waals surface area contributed by atoms with Gasteiger partial charge in [-0.25, -0.2) is 0 Å². The van der Waals surface area contributed by atoms with E-state index in [0.29, 0.717) is 5.69 Å². The smallest absolute Gasteiger partial charge is 0.240 e. The summed E-state index contributed by atoms with van der Waals surface area (Å²) in [5.74, 6) is -0.947. The monoisotopic (exact) mass is 305 g/mol. The molecule has 2 rings (SSSR count). The second-order valence-corrected chi connectivity index (χ2v) is 5.71. The quantitative estimate of drug-likeness (QED) is 0.487. The molecule has 0 saturated carbocycles. The van der Waals surface area contributed by atoms with Crippen molar-refractivity contribution in [3.05, 3.63) is 29.8 Å². The molecule has 110 valence electrons. The lowest BCUT2D eigenvalue weighted by atomic mass is 10.2. The Hall–Kier alpha value is -2.35. The van der Waals surface area contributed by atoms with Gasteiger partial charge in [-0.15, -0.1) is 0 Å². The van der Waals surface area contributed by atoms with E-state index in [9.17, 15) is 9.59 Å². The minimum atomic E-state index is -0.562. The van der Waals surface area contributed by atoms with Crippen molar-refractivity contribution < 1.29 is 9.59 Å². The average Bonchev–Trinajstić information content (AvgIpc) is 2.71. The standard InChI is InChI=1S/C13H15N5O2S/c1-7-2-4-8(5-3-7)16-10(19)6-9-11(20)17-13(21-9)18-12(14)15/h2-5,9H,6H2,1H3,(H,16,19)(H4,14,15,17,18,20). The van der Waals surface area contributed by atoms with Crippen LogP contribution >= 0.6 is 11.8 Å². The van der Waals surface area contributed by atoms with Crippen molar-refractivity contribution in [1.29, 1.82) is 5.41 Å². The van der Waals surface area contributed by atoms with Crippen LogP contribution < -0.4 is 16.4 Å². The molecule has 5 N–H and O–H groups in total. The summed E-state index contributed by atoms with van der Waals surface area (Å²) in [4.78, 5) is 27.3. The van der Waals surface area contributed by atoms with Crippen LogP contribution in [-0.4, -0.2) is 28.2 Å². The zero-order valence-electron chi connectivity index (χ0n) is 11.3. The Kier molecular flexibility index (Phi) is 4.59. The number of hydrogen-bond acceptors (Lipinski definition) is 4. The molecule has 1 heterocycles. The molecule has 1 atom stereocenters. The normalized spacial score (nSPS) is 19.4. The van der Waals surface area contributed by atoms with E-state index in [1.165, 1.54) is 0 Å². The van der Waals surface area contributed by atoms with Crippen LogP contribution in [0.15, 0.2) is 29.3 Å². The molecular formula is C13H15N5O2S. The van der Waals surface area contributed by atoms with Crippen LogP contribution in [-0.2, 0) is 9.59 Å². The number of hydrogen-bond donors (Lipinski definition) is 4. The van der Waals surface area contributed by atoms with E-state index in [2.05, 4.69) is 15.6 Å². The highest BCUT2D eigenvalue weighted by Gasteiger charge is 2.32. The Labute approximate surface area is 125 Å². The zero-order valence-corrected chi connectivity index (χ0v) is 12.2. The van der Waals surface area contributed by atoms with Gasteiger partial charge in [0.15, 0.2) is 5.17 Å². The summed E-state index contributed by atoms with van der Waals surface area (Å²) in [7, 11) is 0. The van der Waals surface area contributed by atoms with Crippen molar-refractivity contribution >= 4 is 40.4 Å². The Morgan fingerprint density at radius 3 is 2.76 bits per heavy atom. The maximum atomic E-state index is 11.9. The van der Waals surface area contributed by atoms with Crippen LogP contribution in [0.2, 0.25) is 0 Å². The number of nitrogens with one attached hydrogen (secondary N) is 3. The molecule has 8 heteroatoms. The number of thioether (sulfide) groups is 1. The molecule has 0 aromatic heterocycles. The van der Waals surface area contributed by atoms with Crippen LogP contribution in [0.1, 0.15) is 12.0 Å². The molecule has 1 fully saturated rings. The van der Waals surface area contributed by atoms with Gasteiger partial charge in [0.1, 0.15) is 5.25 Å². The van der Waals surface area contributed by atoms with Crippen LogP contribution in [0.5, 0.6) is 0 Å². The summed E-state index contributed by atoms with van der Waals surface area (Å²) in [6.07, 6.45) is 0.0291. The Morgan fingerprint density at radius 1 is 1.48 bits per heavy atom. The lowest BCUT2D eigenvalue weighted by molar-refractivity contribution is -0.122. The molecule has 1 unspecified atom stereocenters. The fourth-order valence-electron chi connectivity index (χ4n) is 1.72. The van der Waals surface area contributed by atoms with Gasteiger partial charge in [-0.05, 0) is 19.1 Å². The molecule has 21 heavy (non-hydrogen) atoms. The van der Waals surface area contributed by atoms with Crippen LogP contribution in [0.3, 0.4) is 0 Å². The highest BCUT2D eigenvalue weighted by Crippen LogP contribution is 2.23. The number of carbonyl (C=O) groups excluding carboxylic acids is 2. The number of benzene rings is 1. The fraction of sp³-hybridized carbons (Fsp3) is 0.231. The third-order valence-electron chi connectivity index (χ3n) is 2.70. The molecule has 0 radical (unpaired) electrons. The number of anilines is 1. The van der Waals surface area contributed by atoms with E-state index in [-0.39, 0.29) is 29.4 Å². The lowest BCUT2D eigenvalue weighted by Gasteiger charge is -2.07. The lowest BCUT2D eigenvalue weighted by Crippen LogP contribution is -2.28. The van der Waals surface area contributed by atoms with Crippen LogP contribution in [0.25, 0.3) is 0 Å². The first-order valence-electron chi connectivity index (χ1n) is 6.21. The second-order valence-electron chi connectivity index (χ2n) is 4.52. The van der Waals surface area contributed by atoms with Gasteiger partial charge in [-0.2, -0.15) is 4.99 Å². The molecule has 1 aromatic carbocycles. The number of aliphatic imine (C=N–C) groups is 1. The molecule has 1 saturated heterocycles. The van der Waals surface area contributed by atoms with E-state index >= 15 is 0 Å². The Bertz CT molecular complexity index is 611. The third-order valence-corrected chi connectivity index (χ3v) is 3.79. The highest BCUT2D eigenvalue weighted by atomic mass is 32.2. The van der Waals surface area contributed by atoms with E-state index in [0.717, 1.165) is 17.3 Å². The molecule has 0 aliphatic carbocycles. The number of amides is 2. The predicted octanol–water partition coefficient (Wildman–Crippen LogP) is 0.805. The van der Waals surface area contributed by atoms with Crippen LogP contribution in [0.4, 0.5) is 5.69 Å². The average molecular weight is 305 g/mol. The Morgan fingerprint density at radius 2 is 2.14 bits per heavy atom. The first-order valence-corrected chi connectivity index (χ1v) is 7.09. The van der Waals surface area contributed by atoms with Crippen molar-refractivity contribution in [3.8, 4) is 0 Å². The van der Waals surface area contributed by atoms with E-state index in [1.807, 2.05) is 19.1 Å². The third kappa shape index (κ3) is 4.32. The minimum absolute atomic E-state index is 0.0291. The minimum Gasteiger partial charge on any atom is -0.368 e. The molecule has 1 aliphatic rings. The number of amidine groups is 1. The van der Waals surface area contributed by atoms with Gasteiger partial charge < -0.3 is 16.4 Å². The number of guanidine groups is 1. The first-order chi connectivity index (χ1) is 9.94. The fourth-order valence-corrected chi connectivity index (χ4v) is 2.70. The van der Waals surface area contributed by atoms with Gasteiger partial charge in [-0.3, -0.25) is 15.0 Å². The predicted molar refractivity (Wildman–Crippen MR) is 83.3 cm³/mol. The summed E-state index contributed by atoms with van der Waals surface area (Å²) in [5.41, 5.74) is 6.92. The van der Waals surface area contributed by atoms with Crippen molar-refractivity contribution in [1.82, 2.24) is 5.32 Å². The van der Waals surface area contributed by atoms with Crippen molar-refractivity contribution in [2.75, 3.05) is 5.32 Å². The molecule has 0 spiro atoms. The first kappa shape index (κ1) is 15.0. The number of rotatable bonds is 3. The van der Waals surface area contributed by atoms with Gasteiger partial charge in [0.05, 0.1) is 0 Å². The van der Waals surface area contributed by atoms with E-state index in [4.69, 9.17) is 11.1 Å². The summed E-state index contributed by atoms with van der Waals surface area (Å²) in [6, 6.07) is 7.39. The molecule has 1 aromatic rings. The van der Waals surface area contributed by atoms with Crippen molar-refractivity contribution in [2.45, 2.75) is 18.6 Å². The topological polar surface area (TPSA) is 120 Å². The number of aryl methyl sites for hydroxylation is 1. The summed E-state index contributed by atoms with van der Waals surface area (Å²) in [6.45, 7) is 1.96. The molecule has 0 bridgehead atoms. The van der Waals surface area contributed by atoms with E-state index < -0.39 is 5.25 Å². The molecule has 1 aliphatic heterocycles. The Balaban J connectivity index is 1.92. The number of nitrogens with zero attached hydrogens (tertiary/aromatic N) is 1. The second kappa shape index (κ2) is 6.40. The highest BCUT2D eigenvalue weighted by molar-refractivity contribution is 8.15. The molecular weight excluding hydrogens is 290 g/mol. The molecule has 7 nitrogen and oxygen atoms in total. The van der Waals surface area contributed by atoms with Crippen molar-refractivity contribution in [2.24, 2.45) is 10.7 Å². The molecule has 2 amide bonds. The SMILES string of the molecule is Cc1ccc(NC(=O)CC2SC(=NC(=N)N)NC2=O)cc1. The number of nitrogens with two attached hydrogens (primary N) is 1. The largest absolute Gasteiger partial charge is 0.368 e. The van der Waals surface area contributed by atoms with Gasteiger partial charge in [0.2, 0.25) is 17.8 Å². The summed E-state index contributed by atoms with van der Waals surface area (Å²) >= 11 is 1.10.